The van der Waals surface area contributed by atoms with Gasteiger partial charge in [0, 0.05) is 5.02 Å². The molecule has 2 atom stereocenters. The summed E-state index contributed by atoms with van der Waals surface area (Å²) in [4.78, 5) is 11.1. The summed E-state index contributed by atoms with van der Waals surface area (Å²) in [6, 6.07) is 7.77. The van der Waals surface area contributed by atoms with E-state index in [1.54, 1.807) is 0 Å². The molecule has 1 fully saturated rings. The summed E-state index contributed by atoms with van der Waals surface area (Å²) in [5.41, 5.74) is 0.327. The Labute approximate surface area is 112 Å². The van der Waals surface area contributed by atoms with Crippen LogP contribution in [0.5, 0.6) is 0 Å². The molecule has 1 N–H and O–H groups in total. The minimum atomic E-state index is -0.903. The standard InChI is InChI=1S/C14H17ClO3/c1-10(14(9-18-14)13(16)17)3-2-4-11-5-7-12(15)8-6-11/h5-8,10H,2-4,9H2,1H3,(H,16,17). The van der Waals surface area contributed by atoms with Crippen LogP contribution in [0.3, 0.4) is 0 Å². The molecular weight excluding hydrogens is 252 g/mol. The van der Waals surface area contributed by atoms with Crippen LogP contribution in [0.4, 0.5) is 0 Å². The number of aryl methyl sites for hydroxylation is 1. The van der Waals surface area contributed by atoms with Gasteiger partial charge < -0.3 is 9.84 Å². The number of hydrogen-bond donors (Lipinski definition) is 1. The zero-order valence-corrected chi connectivity index (χ0v) is 11.1. The lowest BCUT2D eigenvalue weighted by Crippen LogP contribution is -2.31. The number of carboxylic acids is 1. The molecular formula is C14H17ClO3. The fraction of sp³-hybridized carbons (Fsp3) is 0.500. The highest BCUT2D eigenvalue weighted by molar-refractivity contribution is 6.30. The van der Waals surface area contributed by atoms with Gasteiger partial charge in [-0.2, -0.15) is 0 Å². The second-order valence-corrected chi connectivity index (χ2v) is 5.34. The third-order valence-electron chi connectivity index (χ3n) is 3.63. The van der Waals surface area contributed by atoms with E-state index in [4.69, 9.17) is 21.4 Å². The average molecular weight is 269 g/mol. The number of carboxylic acid groups (broad SMARTS) is 1. The lowest BCUT2D eigenvalue weighted by molar-refractivity contribution is -0.145. The summed E-state index contributed by atoms with van der Waals surface area (Å²) in [6.45, 7) is 2.30. The van der Waals surface area contributed by atoms with E-state index in [0.29, 0.717) is 6.61 Å². The first-order valence-electron chi connectivity index (χ1n) is 6.16. The lowest BCUT2D eigenvalue weighted by Gasteiger charge is -2.15. The summed E-state index contributed by atoms with van der Waals surface area (Å²) < 4.78 is 5.12. The molecule has 0 radical (unpaired) electrons. The predicted octanol–water partition coefficient (Wildman–Crippen LogP) is 3.15. The van der Waals surface area contributed by atoms with Crippen molar-refractivity contribution < 1.29 is 14.6 Å². The van der Waals surface area contributed by atoms with E-state index < -0.39 is 11.6 Å². The summed E-state index contributed by atoms with van der Waals surface area (Å²) in [5.74, 6) is -0.774. The summed E-state index contributed by atoms with van der Waals surface area (Å²) >= 11 is 5.82. The second kappa shape index (κ2) is 5.29. The van der Waals surface area contributed by atoms with E-state index in [2.05, 4.69) is 0 Å². The largest absolute Gasteiger partial charge is 0.479 e. The molecule has 18 heavy (non-hydrogen) atoms. The fourth-order valence-corrected chi connectivity index (χ4v) is 2.32. The van der Waals surface area contributed by atoms with Gasteiger partial charge in [-0.25, -0.2) is 4.79 Å². The van der Waals surface area contributed by atoms with Gasteiger partial charge in [-0.1, -0.05) is 30.7 Å². The van der Waals surface area contributed by atoms with Crippen LogP contribution in [-0.2, 0) is 16.0 Å². The molecule has 1 aromatic rings. The van der Waals surface area contributed by atoms with Gasteiger partial charge in [0.1, 0.15) is 0 Å². The van der Waals surface area contributed by atoms with Crippen molar-refractivity contribution in [2.24, 2.45) is 5.92 Å². The van der Waals surface area contributed by atoms with E-state index in [1.807, 2.05) is 31.2 Å². The Morgan fingerprint density at radius 2 is 2.11 bits per heavy atom. The lowest BCUT2D eigenvalue weighted by atomic mass is 9.89. The van der Waals surface area contributed by atoms with Crippen molar-refractivity contribution in [3.05, 3.63) is 34.9 Å². The highest BCUT2D eigenvalue weighted by atomic mass is 35.5. The summed E-state index contributed by atoms with van der Waals surface area (Å²) in [6.07, 6.45) is 2.76. The average Bonchev–Trinajstić information content (AvgIpc) is 3.13. The van der Waals surface area contributed by atoms with Crippen molar-refractivity contribution in [3.63, 3.8) is 0 Å². The maximum Gasteiger partial charge on any atom is 0.338 e. The normalized spacial score (nSPS) is 23.7. The molecule has 0 spiro atoms. The molecule has 3 nitrogen and oxygen atoms in total. The Kier molecular flexibility index (Phi) is 3.93. The van der Waals surface area contributed by atoms with Gasteiger partial charge in [0.15, 0.2) is 5.60 Å². The topological polar surface area (TPSA) is 49.8 Å². The molecule has 2 unspecified atom stereocenters. The van der Waals surface area contributed by atoms with Crippen LogP contribution >= 0.6 is 11.6 Å². The van der Waals surface area contributed by atoms with E-state index in [-0.39, 0.29) is 5.92 Å². The predicted molar refractivity (Wildman–Crippen MR) is 69.9 cm³/mol. The molecule has 0 amide bonds. The van der Waals surface area contributed by atoms with Crippen LogP contribution in [-0.4, -0.2) is 23.3 Å². The number of benzene rings is 1. The third-order valence-corrected chi connectivity index (χ3v) is 3.88. The van der Waals surface area contributed by atoms with Gasteiger partial charge in [-0.3, -0.25) is 0 Å². The summed E-state index contributed by atoms with van der Waals surface area (Å²) in [7, 11) is 0. The van der Waals surface area contributed by atoms with Crippen LogP contribution in [0.15, 0.2) is 24.3 Å². The number of ether oxygens (including phenoxy) is 1. The molecule has 4 heteroatoms. The highest BCUT2D eigenvalue weighted by Crippen LogP contribution is 2.38. The van der Waals surface area contributed by atoms with Crippen LogP contribution in [0.2, 0.25) is 5.02 Å². The van der Waals surface area contributed by atoms with E-state index in [9.17, 15) is 4.79 Å². The molecule has 1 heterocycles. The minimum Gasteiger partial charge on any atom is -0.479 e. The van der Waals surface area contributed by atoms with E-state index in [0.717, 1.165) is 24.3 Å². The molecule has 0 aliphatic carbocycles. The third kappa shape index (κ3) is 2.85. The van der Waals surface area contributed by atoms with Gasteiger partial charge in [0.05, 0.1) is 6.61 Å². The number of epoxide rings is 1. The monoisotopic (exact) mass is 268 g/mol. The van der Waals surface area contributed by atoms with Crippen molar-refractivity contribution in [1.29, 1.82) is 0 Å². The SMILES string of the molecule is CC(CCCc1ccc(Cl)cc1)C1(C(=O)O)CO1. The Morgan fingerprint density at radius 1 is 1.50 bits per heavy atom. The Bertz CT molecular complexity index is 423. The molecule has 98 valence electrons. The van der Waals surface area contributed by atoms with Gasteiger partial charge in [0.25, 0.3) is 0 Å². The number of carbonyl (C=O) groups is 1. The first-order valence-corrected chi connectivity index (χ1v) is 6.54. The quantitative estimate of drug-likeness (QED) is 0.807. The van der Waals surface area contributed by atoms with Crippen LogP contribution in [0, 0.1) is 5.92 Å². The Morgan fingerprint density at radius 3 is 2.61 bits per heavy atom. The van der Waals surface area contributed by atoms with Crippen LogP contribution in [0.1, 0.15) is 25.3 Å². The van der Waals surface area contributed by atoms with Gasteiger partial charge >= 0.3 is 5.97 Å². The molecule has 0 aromatic heterocycles. The fourth-order valence-electron chi connectivity index (χ4n) is 2.19. The van der Waals surface area contributed by atoms with Crippen LogP contribution in [0.25, 0.3) is 0 Å². The van der Waals surface area contributed by atoms with Crippen molar-refractivity contribution in [2.45, 2.75) is 31.8 Å². The molecule has 0 bridgehead atoms. The first-order chi connectivity index (χ1) is 8.54. The molecule has 0 saturated carbocycles. The van der Waals surface area contributed by atoms with Gasteiger partial charge in [0.2, 0.25) is 0 Å². The zero-order valence-electron chi connectivity index (χ0n) is 10.4. The van der Waals surface area contributed by atoms with Gasteiger partial charge in [-0.15, -0.1) is 0 Å². The van der Waals surface area contributed by atoms with Crippen LogP contribution < -0.4 is 0 Å². The number of halogens is 1. The van der Waals surface area contributed by atoms with E-state index >= 15 is 0 Å². The molecule has 1 saturated heterocycles. The Hall–Kier alpha value is -1.06. The molecule has 1 aromatic carbocycles. The first kappa shape index (κ1) is 13.4. The maximum absolute atomic E-state index is 11.1. The van der Waals surface area contributed by atoms with Crippen molar-refractivity contribution in [1.82, 2.24) is 0 Å². The molecule has 1 aliphatic heterocycles. The number of rotatable bonds is 6. The van der Waals surface area contributed by atoms with Gasteiger partial charge in [-0.05, 0) is 42.9 Å². The van der Waals surface area contributed by atoms with Crippen molar-refractivity contribution in [2.75, 3.05) is 6.61 Å². The minimum absolute atomic E-state index is 0.0577. The Balaban J connectivity index is 1.79. The number of aliphatic carboxylic acids is 1. The molecule has 1 aliphatic rings. The molecule has 2 rings (SSSR count). The number of hydrogen-bond acceptors (Lipinski definition) is 2. The van der Waals surface area contributed by atoms with Crippen molar-refractivity contribution >= 4 is 17.6 Å². The highest BCUT2D eigenvalue weighted by Gasteiger charge is 2.56. The summed E-state index contributed by atoms with van der Waals surface area (Å²) in [5, 5.41) is 9.82. The second-order valence-electron chi connectivity index (χ2n) is 4.90. The van der Waals surface area contributed by atoms with E-state index in [1.165, 1.54) is 5.56 Å². The maximum atomic E-state index is 11.1. The zero-order chi connectivity index (χ0) is 13.2. The smallest absolute Gasteiger partial charge is 0.338 e. The van der Waals surface area contributed by atoms with Crippen molar-refractivity contribution in [3.8, 4) is 0 Å².